The van der Waals surface area contributed by atoms with Gasteiger partial charge >= 0.3 is 12.4 Å². The summed E-state index contributed by atoms with van der Waals surface area (Å²) in [4.78, 5) is 0. The van der Waals surface area contributed by atoms with Crippen molar-refractivity contribution in [3.63, 3.8) is 0 Å². The number of anilines is 1. The van der Waals surface area contributed by atoms with Crippen molar-refractivity contribution in [3.05, 3.63) is 56.7 Å². The summed E-state index contributed by atoms with van der Waals surface area (Å²) in [5, 5.41) is 13.1. The van der Waals surface area contributed by atoms with E-state index in [0.717, 1.165) is 15.2 Å². The molecule has 10 heteroatoms. The highest BCUT2D eigenvalue weighted by Crippen LogP contribution is 2.55. The fourth-order valence-corrected chi connectivity index (χ4v) is 4.99. The molecule has 2 atom stereocenters. The quantitative estimate of drug-likeness (QED) is 0.331. The molecule has 4 rings (SSSR count). The molecule has 0 radical (unpaired) electrons. The van der Waals surface area contributed by atoms with Gasteiger partial charge in [0.25, 0.3) is 5.60 Å². The summed E-state index contributed by atoms with van der Waals surface area (Å²) in [5.74, 6) is 0.430. The summed E-state index contributed by atoms with van der Waals surface area (Å²) >= 11 is 2.16. The maximum atomic E-state index is 13.4. The van der Waals surface area contributed by atoms with E-state index >= 15 is 0 Å². The van der Waals surface area contributed by atoms with Crippen LogP contribution in [0.25, 0.3) is 0 Å². The summed E-state index contributed by atoms with van der Waals surface area (Å²) in [6.45, 7) is 3.76. The van der Waals surface area contributed by atoms with Gasteiger partial charge in [-0.1, -0.05) is 19.9 Å². The van der Waals surface area contributed by atoms with Gasteiger partial charge in [0, 0.05) is 31.7 Å². The van der Waals surface area contributed by atoms with Crippen LogP contribution < -0.4 is 10.1 Å². The van der Waals surface area contributed by atoms with Crippen LogP contribution in [0.15, 0.2) is 36.4 Å². The molecule has 2 heterocycles. The first-order chi connectivity index (χ1) is 14.2. The zero-order valence-electron chi connectivity index (χ0n) is 16.3. The van der Waals surface area contributed by atoms with Gasteiger partial charge in [0.2, 0.25) is 0 Å². The zero-order chi connectivity index (χ0) is 23.0. The molecule has 3 nitrogen and oxygen atoms in total. The Kier molecular flexibility index (Phi) is 5.01. The first-order valence-electron chi connectivity index (χ1n) is 9.37. The average molecular weight is 557 g/mol. The van der Waals surface area contributed by atoms with Crippen molar-refractivity contribution in [2.45, 2.75) is 43.3 Å². The van der Waals surface area contributed by atoms with E-state index < -0.39 is 28.9 Å². The molecule has 2 aromatic carbocycles. The SMILES string of the molecule is CC1(C)c2cc(C(O)(C(F)(F)F)C(F)(F)F)ccc2NC2c3cc(I)ccc3OCC21. The molecule has 0 aliphatic carbocycles. The van der Waals surface area contributed by atoms with Crippen LogP contribution in [0.2, 0.25) is 0 Å². The maximum Gasteiger partial charge on any atom is 0.430 e. The molecular weight excluding hydrogens is 539 g/mol. The lowest BCUT2D eigenvalue weighted by atomic mass is 9.65. The van der Waals surface area contributed by atoms with Crippen molar-refractivity contribution in [2.24, 2.45) is 5.92 Å². The first kappa shape index (κ1) is 22.5. The van der Waals surface area contributed by atoms with Gasteiger partial charge in [0.15, 0.2) is 0 Å². The smallest absolute Gasteiger partial charge is 0.430 e. The van der Waals surface area contributed by atoms with E-state index in [2.05, 4.69) is 27.9 Å². The predicted molar refractivity (Wildman–Crippen MR) is 110 cm³/mol. The van der Waals surface area contributed by atoms with Gasteiger partial charge in [0.1, 0.15) is 5.75 Å². The van der Waals surface area contributed by atoms with Gasteiger partial charge < -0.3 is 15.2 Å². The number of halogens is 7. The monoisotopic (exact) mass is 557 g/mol. The standard InChI is InChI=1S/C21H18F6INO2/c1-18(2)13-7-10(19(30,20(22,23)24)21(25,26)27)3-5-15(13)29-17-12-8-11(28)4-6-16(12)31-9-14(17)18/h3-8,14,17,29-30H,9H2,1-2H3. The van der Waals surface area contributed by atoms with E-state index in [4.69, 9.17) is 4.74 Å². The molecule has 0 spiro atoms. The van der Waals surface area contributed by atoms with Crippen molar-refractivity contribution < 1.29 is 36.2 Å². The van der Waals surface area contributed by atoms with E-state index in [1.807, 2.05) is 18.2 Å². The Hall–Kier alpha value is -1.69. The van der Waals surface area contributed by atoms with E-state index in [1.54, 1.807) is 13.8 Å². The number of alkyl halides is 6. The topological polar surface area (TPSA) is 41.5 Å². The van der Waals surface area contributed by atoms with Crippen LogP contribution in [0.4, 0.5) is 32.0 Å². The molecule has 2 aromatic rings. The summed E-state index contributed by atoms with van der Waals surface area (Å²) in [7, 11) is 0. The van der Waals surface area contributed by atoms with Crippen molar-refractivity contribution in [1.82, 2.24) is 0 Å². The van der Waals surface area contributed by atoms with E-state index in [9.17, 15) is 31.4 Å². The number of rotatable bonds is 1. The van der Waals surface area contributed by atoms with E-state index in [-0.39, 0.29) is 24.1 Å². The Morgan fingerprint density at radius 2 is 1.68 bits per heavy atom. The number of aliphatic hydroxyl groups is 1. The van der Waals surface area contributed by atoms with Crippen LogP contribution >= 0.6 is 22.6 Å². The summed E-state index contributed by atoms with van der Waals surface area (Å²) in [6, 6.07) is 8.12. The van der Waals surface area contributed by atoms with Gasteiger partial charge in [-0.15, -0.1) is 0 Å². The fourth-order valence-electron chi connectivity index (χ4n) is 4.47. The lowest BCUT2D eigenvalue weighted by Gasteiger charge is -2.49. The Labute approximate surface area is 187 Å². The Morgan fingerprint density at radius 3 is 2.29 bits per heavy atom. The third kappa shape index (κ3) is 3.28. The third-order valence-electron chi connectivity index (χ3n) is 6.32. The lowest BCUT2D eigenvalue weighted by molar-refractivity contribution is -0.376. The van der Waals surface area contributed by atoms with Crippen molar-refractivity contribution in [2.75, 3.05) is 11.9 Å². The van der Waals surface area contributed by atoms with Gasteiger partial charge in [-0.25, -0.2) is 0 Å². The maximum absolute atomic E-state index is 13.4. The summed E-state index contributed by atoms with van der Waals surface area (Å²) in [6.07, 6.45) is -11.9. The second kappa shape index (κ2) is 6.90. The highest BCUT2D eigenvalue weighted by molar-refractivity contribution is 14.1. The van der Waals surface area contributed by atoms with Crippen LogP contribution in [0.1, 0.15) is 36.6 Å². The largest absolute Gasteiger partial charge is 0.493 e. The molecule has 0 saturated heterocycles. The normalized spacial score (nSPS) is 22.5. The van der Waals surface area contributed by atoms with Gasteiger partial charge in [-0.3, -0.25) is 0 Å². The van der Waals surface area contributed by atoms with E-state index in [0.29, 0.717) is 17.5 Å². The number of ether oxygens (including phenoxy) is 1. The second-order valence-corrected chi connectivity index (χ2v) is 9.66. The van der Waals surface area contributed by atoms with Crippen LogP contribution in [0.5, 0.6) is 5.75 Å². The predicted octanol–water partition coefficient (Wildman–Crippen LogP) is 6.06. The molecule has 0 bridgehead atoms. The Balaban J connectivity index is 1.85. The third-order valence-corrected chi connectivity index (χ3v) is 6.99. The molecule has 2 N–H and O–H groups in total. The van der Waals surface area contributed by atoms with Gasteiger partial charge in [-0.05, 0) is 58.5 Å². The molecule has 31 heavy (non-hydrogen) atoms. The molecular formula is C21H18F6INO2. The molecule has 2 aliphatic rings. The molecule has 2 unspecified atom stereocenters. The van der Waals surface area contributed by atoms with Crippen LogP contribution in [-0.4, -0.2) is 24.1 Å². The number of nitrogens with one attached hydrogen (secondary N) is 1. The van der Waals surface area contributed by atoms with Crippen molar-refractivity contribution >= 4 is 28.3 Å². The Bertz CT molecular complexity index is 1020. The van der Waals surface area contributed by atoms with E-state index in [1.165, 1.54) is 6.07 Å². The second-order valence-electron chi connectivity index (χ2n) is 8.41. The number of benzene rings is 2. The van der Waals surface area contributed by atoms with Crippen molar-refractivity contribution in [1.29, 1.82) is 0 Å². The van der Waals surface area contributed by atoms with Crippen LogP contribution in [-0.2, 0) is 11.0 Å². The minimum absolute atomic E-state index is 0.226. The molecule has 0 amide bonds. The molecule has 0 aromatic heterocycles. The zero-order valence-corrected chi connectivity index (χ0v) is 18.5. The van der Waals surface area contributed by atoms with Gasteiger partial charge in [0.05, 0.1) is 12.6 Å². The minimum Gasteiger partial charge on any atom is -0.493 e. The molecule has 0 saturated carbocycles. The van der Waals surface area contributed by atoms with Crippen LogP contribution in [0.3, 0.4) is 0 Å². The number of hydrogen-bond donors (Lipinski definition) is 2. The molecule has 0 fully saturated rings. The minimum atomic E-state index is -5.93. The summed E-state index contributed by atoms with van der Waals surface area (Å²) in [5.41, 5.74) is -5.49. The molecule has 2 aliphatic heterocycles. The first-order valence-corrected chi connectivity index (χ1v) is 10.5. The van der Waals surface area contributed by atoms with Crippen molar-refractivity contribution in [3.8, 4) is 5.75 Å². The highest BCUT2D eigenvalue weighted by Gasteiger charge is 2.71. The molecule has 168 valence electrons. The summed E-state index contributed by atoms with van der Waals surface area (Å²) < 4.78 is 87.1. The average Bonchev–Trinajstić information content (AvgIpc) is 2.65. The Morgan fingerprint density at radius 1 is 1.03 bits per heavy atom. The highest BCUT2D eigenvalue weighted by atomic mass is 127. The number of fused-ring (bicyclic) bond motifs is 4. The fraction of sp³-hybridized carbons (Fsp3) is 0.429. The lowest BCUT2D eigenvalue weighted by Crippen LogP contribution is -2.54. The van der Waals surface area contributed by atoms with Crippen LogP contribution in [0, 0.1) is 9.49 Å². The number of hydrogen-bond acceptors (Lipinski definition) is 3. The van der Waals surface area contributed by atoms with Gasteiger partial charge in [-0.2, -0.15) is 26.3 Å².